The van der Waals surface area contributed by atoms with Crippen molar-refractivity contribution in [3.05, 3.63) is 36.0 Å². The third-order valence-electron chi connectivity index (χ3n) is 4.54. The number of nitrogens with zero attached hydrogens (tertiary/aromatic N) is 3. The van der Waals surface area contributed by atoms with Crippen molar-refractivity contribution in [3.8, 4) is 17.0 Å². The first kappa shape index (κ1) is 15.6. The maximum Gasteiger partial charge on any atom is 0.274 e. The summed E-state index contributed by atoms with van der Waals surface area (Å²) in [4.78, 5) is 14.6. The molecule has 0 atom stereocenters. The third kappa shape index (κ3) is 3.23. The van der Waals surface area contributed by atoms with Crippen molar-refractivity contribution in [2.75, 3.05) is 20.2 Å². The molecule has 1 aromatic carbocycles. The normalized spacial score (nSPS) is 15.7. The van der Waals surface area contributed by atoms with E-state index in [-0.39, 0.29) is 5.91 Å². The highest BCUT2D eigenvalue weighted by molar-refractivity contribution is 5.93. The minimum atomic E-state index is 0.0293. The number of ether oxygens (including phenoxy) is 1. The van der Waals surface area contributed by atoms with Gasteiger partial charge < -0.3 is 9.64 Å². The van der Waals surface area contributed by atoms with E-state index in [1.54, 1.807) is 11.8 Å². The number of benzene rings is 1. The molecule has 0 saturated carbocycles. The highest BCUT2D eigenvalue weighted by Gasteiger charge is 2.24. The molecule has 0 N–H and O–H groups in total. The Hall–Kier alpha value is -2.30. The third-order valence-corrected chi connectivity index (χ3v) is 4.54. The van der Waals surface area contributed by atoms with Gasteiger partial charge >= 0.3 is 0 Å². The van der Waals surface area contributed by atoms with Crippen LogP contribution in [-0.4, -0.2) is 40.8 Å². The highest BCUT2D eigenvalue weighted by Crippen LogP contribution is 2.25. The van der Waals surface area contributed by atoms with Crippen molar-refractivity contribution >= 4 is 5.91 Å². The van der Waals surface area contributed by atoms with Crippen molar-refractivity contribution in [3.63, 3.8) is 0 Å². The predicted molar refractivity (Wildman–Crippen MR) is 89.5 cm³/mol. The van der Waals surface area contributed by atoms with E-state index in [1.807, 2.05) is 42.3 Å². The van der Waals surface area contributed by atoms with Gasteiger partial charge in [0.05, 0.1) is 12.8 Å². The fraction of sp³-hybridized carbons (Fsp3) is 0.444. The summed E-state index contributed by atoms with van der Waals surface area (Å²) < 4.78 is 7.03. The molecule has 1 aliphatic heterocycles. The molecule has 1 aromatic heterocycles. The Bertz CT molecular complexity index is 700. The van der Waals surface area contributed by atoms with Gasteiger partial charge in [0.1, 0.15) is 5.75 Å². The Balaban J connectivity index is 1.84. The van der Waals surface area contributed by atoms with E-state index in [2.05, 4.69) is 12.0 Å². The number of amides is 1. The molecule has 0 unspecified atom stereocenters. The molecule has 0 spiro atoms. The number of methoxy groups -OCH3 is 1. The second kappa shape index (κ2) is 6.44. The second-order valence-electron chi connectivity index (χ2n) is 6.25. The lowest BCUT2D eigenvalue weighted by Gasteiger charge is -2.29. The van der Waals surface area contributed by atoms with E-state index < -0.39 is 0 Å². The van der Waals surface area contributed by atoms with Crippen molar-refractivity contribution in [2.24, 2.45) is 13.0 Å². The monoisotopic (exact) mass is 313 g/mol. The van der Waals surface area contributed by atoms with E-state index in [4.69, 9.17) is 4.74 Å². The van der Waals surface area contributed by atoms with Crippen LogP contribution < -0.4 is 4.74 Å². The SMILES string of the molecule is COc1cccc(-c2cc(C(=O)N3CCC(C)CC3)nn2C)c1. The van der Waals surface area contributed by atoms with Crippen LogP contribution in [0.1, 0.15) is 30.3 Å². The molecule has 1 amide bonds. The van der Waals surface area contributed by atoms with Gasteiger partial charge in [0, 0.05) is 25.7 Å². The molecule has 122 valence electrons. The summed E-state index contributed by atoms with van der Waals surface area (Å²) in [5, 5.41) is 4.42. The van der Waals surface area contributed by atoms with Gasteiger partial charge in [0.25, 0.3) is 5.91 Å². The first-order valence-electron chi connectivity index (χ1n) is 8.06. The van der Waals surface area contributed by atoms with Crippen molar-refractivity contribution in [1.82, 2.24) is 14.7 Å². The van der Waals surface area contributed by atoms with Crippen LogP contribution in [0.25, 0.3) is 11.3 Å². The van der Waals surface area contributed by atoms with E-state index in [0.29, 0.717) is 11.6 Å². The zero-order valence-corrected chi connectivity index (χ0v) is 14.0. The Morgan fingerprint density at radius 3 is 2.70 bits per heavy atom. The summed E-state index contributed by atoms with van der Waals surface area (Å²) >= 11 is 0. The van der Waals surface area contributed by atoms with E-state index in [0.717, 1.165) is 42.9 Å². The molecule has 1 fully saturated rings. The van der Waals surface area contributed by atoms with Crippen molar-refractivity contribution in [1.29, 1.82) is 0 Å². The van der Waals surface area contributed by atoms with E-state index in [9.17, 15) is 4.79 Å². The number of hydrogen-bond acceptors (Lipinski definition) is 3. The maximum atomic E-state index is 12.7. The molecule has 0 radical (unpaired) electrons. The first-order chi connectivity index (χ1) is 11.1. The molecule has 5 nitrogen and oxygen atoms in total. The molecule has 1 aliphatic rings. The number of aromatic nitrogens is 2. The molecule has 2 heterocycles. The number of rotatable bonds is 3. The topological polar surface area (TPSA) is 47.4 Å². The predicted octanol–water partition coefficient (Wildman–Crippen LogP) is 2.97. The molecule has 3 rings (SSSR count). The molecular weight excluding hydrogens is 290 g/mol. The molecule has 0 aliphatic carbocycles. The summed E-state index contributed by atoms with van der Waals surface area (Å²) in [6, 6.07) is 9.66. The number of hydrogen-bond donors (Lipinski definition) is 0. The molecule has 5 heteroatoms. The second-order valence-corrected chi connectivity index (χ2v) is 6.25. The molecular formula is C18H23N3O2. The number of piperidine rings is 1. The van der Waals surface area contributed by atoms with Gasteiger partial charge in [-0.3, -0.25) is 9.48 Å². The number of aryl methyl sites for hydroxylation is 1. The summed E-state index contributed by atoms with van der Waals surface area (Å²) in [7, 11) is 3.51. The highest BCUT2D eigenvalue weighted by atomic mass is 16.5. The lowest BCUT2D eigenvalue weighted by atomic mass is 9.99. The number of carbonyl (C=O) groups is 1. The number of likely N-dealkylation sites (tertiary alicyclic amines) is 1. The van der Waals surface area contributed by atoms with Crippen LogP contribution in [0.3, 0.4) is 0 Å². The van der Waals surface area contributed by atoms with Gasteiger partial charge in [-0.1, -0.05) is 19.1 Å². The van der Waals surface area contributed by atoms with Gasteiger partial charge in [-0.2, -0.15) is 5.10 Å². The molecule has 23 heavy (non-hydrogen) atoms. The van der Waals surface area contributed by atoms with Crippen LogP contribution in [0.5, 0.6) is 5.75 Å². The summed E-state index contributed by atoms with van der Waals surface area (Å²) in [5.41, 5.74) is 2.42. The summed E-state index contributed by atoms with van der Waals surface area (Å²) in [5.74, 6) is 1.53. The summed E-state index contributed by atoms with van der Waals surface area (Å²) in [6.45, 7) is 3.89. The molecule has 2 aromatic rings. The van der Waals surface area contributed by atoms with Gasteiger partial charge in [0.2, 0.25) is 0 Å². The Labute approximate surface area is 136 Å². The van der Waals surface area contributed by atoms with Crippen LogP contribution >= 0.6 is 0 Å². The largest absolute Gasteiger partial charge is 0.497 e. The van der Waals surface area contributed by atoms with Crippen LogP contribution in [0.4, 0.5) is 0 Å². The van der Waals surface area contributed by atoms with Crippen LogP contribution in [0.2, 0.25) is 0 Å². The number of carbonyl (C=O) groups excluding carboxylic acids is 1. The minimum Gasteiger partial charge on any atom is -0.497 e. The van der Waals surface area contributed by atoms with E-state index >= 15 is 0 Å². The van der Waals surface area contributed by atoms with Gasteiger partial charge in [0.15, 0.2) is 5.69 Å². The van der Waals surface area contributed by atoms with Gasteiger partial charge in [-0.05, 0) is 37.0 Å². The smallest absolute Gasteiger partial charge is 0.274 e. The standard InChI is InChI=1S/C18H23N3O2/c1-13-7-9-21(10-8-13)18(22)16-12-17(20(2)19-16)14-5-4-6-15(11-14)23-3/h4-6,11-13H,7-10H2,1-3H3. The molecule has 0 bridgehead atoms. The van der Waals surface area contributed by atoms with Crippen LogP contribution in [-0.2, 0) is 7.05 Å². The average molecular weight is 313 g/mol. The van der Waals surface area contributed by atoms with Crippen LogP contribution in [0, 0.1) is 5.92 Å². The Kier molecular flexibility index (Phi) is 4.37. The quantitative estimate of drug-likeness (QED) is 0.875. The maximum absolute atomic E-state index is 12.7. The minimum absolute atomic E-state index is 0.0293. The zero-order valence-electron chi connectivity index (χ0n) is 14.0. The fourth-order valence-electron chi connectivity index (χ4n) is 3.00. The Morgan fingerprint density at radius 1 is 1.26 bits per heavy atom. The van der Waals surface area contributed by atoms with Crippen molar-refractivity contribution in [2.45, 2.75) is 19.8 Å². The fourth-order valence-corrected chi connectivity index (χ4v) is 3.00. The van der Waals surface area contributed by atoms with Gasteiger partial charge in [-0.25, -0.2) is 0 Å². The average Bonchev–Trinajstić information content (AvgIpc) is 2.97. The lowest BCUT2D eigenvalue weighted by Crippen LogP contribution is -2.38. The molecule has 1 saturated heterocycles. The van der Waals surface area contributed by atoms with Gasteiger partial charge in [-0.15, -0.1) is 0 Å². The summed E-state index contributed by atoms with van der Waals surface area (Å²) in [6.07, 6.45) is 2.14. The zero-order chi connectivity index (χ0) is 16.4. The lowest BCUT2D eigenvalue weighted by molar-refractivity contribution is 0.0690. The van der Waals surface area contributed by atoms with Crippen molar-refractivity contribution < 1.29 is 9.53 Å². The first-order valence-corrected chi connectivity index (χ1v) is 8.06. The van der Waals surface area contributed by atoms with Crippen LogP contribution in [0.15, 0.2) is 30.3 Å². The van der Waals surface area contributed by atoms with E-state index in [1.165, 1.54) is 0 Å². The Morgan fingerprint density at radius 2 is 2.00 bits per heavy atom.